The smallest absolute Gasteiger partial charge is 0.121 e. The molecule has 1 aromatic heterocycles. The van der Waals surface area contributed by atoms with E-state index in [1.54, 1.807) is 7.11 Å². The molecule has 1 fully saturated rings. The van der Waals surface area contributed by atoms with Crippen molar-refractivity contribution in [1.29, 1.82) is 0 Å². The summed E-state index contributed by atoms with van der Waals surface area (Å²) in [6, 6.07) is 6.16. The Morgan fingerprint density at radius 1 is 1.14 bits per heavy atom. The molecular weight excluding hydrogens is 386 g/mol. The Labute approximate surface area is 181 Å². The number of aromatic nitrogens is 1. The Morgan fingerprint density at radius 2 is 1.86 bits per heavy atom. The molecule has 162 valence electrons. The van der Waals surface area contributed by atoms with Gasteiger partial charge in [-0.3, -0.25) is 9.88 Å². The van der Waals surface area contributed by atoms with Crippen LogP contribution < -0.4 is 10.1 Å². The number of methoxy groups -OCH3 is 1. The van der Waals surface area contributed by atoms with Crippen LogP contribution in [-0.2, 0) is 4.74 Å². The first-order valence-corrected chi connectivity index (χ1v) is 10.6. The summed E-state index contributed by atoms with van der Waals surface area (Å²) in [7, 11) is 1.71. The Kier molecular flexibility index (Phi) is 9.47. The van der Waals surface area contributed by atoms with Crippen molar-refractivity contribution >= 4 is 29.0 Å². The summed E-state index contributed by atoms with van der Waals surface area (Å²) in [6.45, 7) is 10.8. The number of anilines is 1. The highest BCUT2D eigenvalue weighted by atomic mass is 35.5. The number of hydrogen-bond acceptors (Lipinski definition) is 5. The van der Waals surface area contributed by atoms with E-state index in [0.717, 1.165) is 42.0 Å². The molecule has 2 heterocycles. The van der Waals surface area contributed by atoms with Crippen LogP contribution in [-0.4, -0.2) is 55.4 Å². The van der Waals surface area contributed by atoms with E-state index in [2.05, 4.69) is 48.1 Å². The number of halogens is 1. The third-order valence-electron chi connectivity index (χ3n) is 5.48. The average molecular weight is 422 g/mol. The van der Waals surface area contributed by atoms with Gasteiger partial charge in [-0.05, 0) is 57.9 Å². The van der Waals surface area contributed by atoms with Gasteiger partial charge in [0.25, 0.3) is 0 Å². The van der Waals surface area contributed by atoms with Gasteiger partial charge in [0.05, 0.1) is 30.5 Å². The molecule has 2 aromatic rings. The predicted molar refractivity (Wildman–Crippen MR) is 124 cm³/mol. The first-order chi connectivity index (χ1) is 13.6. The molecule has 0 aliphatic carbocycles. The second-order valence-corrected chi connectivity index (χ2v) is 8.06. The number of hydrogen-bond donors (Lipinski definition) is 1. The number of nitrogens with one attached hydrogen (secondary N) is 1. The van der Waals surface area contributed by atoms with Crippen LogP contribution in [0.25, 0.3) is 10.9 Å². The Morgan fingerprint density at radius 3 is 2.59 bits per heavy atom. The number of unbranched alkanes of at least 4 members (excludes halogenated alkanes) is 3. The fraction of sp³-hybridized carbons (Fsp3) is 0.609. The summed E-state index contributed by atoms with van der Waals surface area (Å²) >= 11 is 0. The van der Waals surface area contributed by atoms with Crippen LogP contribution in [0.3, 0.4) is 0 Å². The summed E-state index contributed by atoms with van der Waals surface area (Å²) < 4.78 is 11.3. The molecule has 2 atom stereocenters. The average Bonchev–Trinajstić information content (AvgIpc) is 2.66. The summed E-state index contributed by atoms with van der Waals surface area (Å²) in [5, 5.41) is 4.72. The van der Waals surface area contributed by atoms with Crippen LogP contribution >= 0.6 is 12.4 Å². The summed E-state index contributed by atoms with van der Waals surface area (Å²) in [5.74, 6) is 0.875. The Balaban J connectivity index is 0.00000300. The molecule has 1 aromatic carbocycles. The molecule has 2 unspecified atom stereocenters. The second kappa shape index (κ2) is 11.6. The molecule has 3 rings (SSSR count). The Hall–Kier alpha value is -1.56. The van der Waals surface area contributed by atoms with Gasteiger partial charge in [0.2, 0.25) is 0 Å². The lowest BCUT2D eigenvalue weighted by atomic mass is 10.1. The van der Waals surface area contributed by atoms with Gasteiger partial charge in [0, 0.05) is 37.3 Å². The monoisotopic (exact) mass is 421 g/mol. The highest BCUT2D eigenvalue weighted by Crippen LogP contribution is 2.29. The van der Waals surface area contributed by atoms with Crippen LogP contribution in [0.15, 0.2) is 24.4 Å². The largest absolute Gasteiger partial charge is 0.497 e. The summed E-state index contributed by atoms with van der Waals surface area (Å²) in [6.07, 6.45) is 7.56. The van der Waals surface area contributed by atoms with Crippen molar-refractivity contribution < 1.29 is 9.47 Å². The number of ether oxygens (including phenoxy) is 2. The molecule has 0 spiro atoms. The molecule has 0 saturated carbocycles. The lowest BCUT2D eigenvalue weighted by Crippen LogP contribution is -2.45. The van der Waals surface area contributed by atoms with E-state index in [0.29, 0.717) is 12.2 Å². The molecule has 1 aliphatic heterocycles. The van der Waals surface area contributed by atoms with E-state index < -0.39 is 0 Å². The molecule has 5 nitrogen and oxygen atoms in total. The Bertz CT molecular complexity index is 761. The quantitative estimate of drug-likeness (QED) is 0.573. The number of pyridine rings is 1. The predicted octanol–water partition coefficient (Wildman–Crippen LogP) is 5.06. The van der Waals surface area contributed by atoms with Crippen LogP contribution in [0.1, 0.15) is 45.1 Å². The highest BCUT2D eigenvalue weighted by molar-refractivity contribution is 5.93. The number of fused-ring (bicyclic) bond motifs is 1. The maximum Gasteiger partial charge on any atom is 0.121 e. The fourth-order valence-corrected chi connectivity index (χ4v) is 4.12. The van der Waals surface area contributed by atoms with Crippen molar-refractivity contribution in [3.8, 4) is 5.75 Å². The van der Waals surface area contributed by atoms with E-state index in [-0.39, 0.29) is 12.4 Å². The topological polar surface area (TPSA) is 46.6 Å². The number of morpholine rings is 1. The van der Waals surface area contributed by atoms with E-state index in [1.807, 2.05) is 12.3 Å². The second-order valence-electron chi connectivity index (χ2n) is 8.06. The van der Waals surface area contributed by atoms with Crippen LogP contribution in [0.4, 0.5) is 5.69 Å². The minimum absolute atomic E-state index is 0. The van der Waals surface area contributed by atoms with E-state index in [9.17, 15) is 0 Å². The molecular formula is C23H36ClN3O2. The molecule has 0 radical (unpaired) electrons. The lowest BCUT2D eigenvalue weighted by molar-refractivity contribution is -0.0681. The van der Waals surface area contributed by atoms with Gasteiger partial charge in [-0.25, -0.2) is 0 Å². The van der Waals surface area contributed by atoms with Crippen molar-refractivity contribution in [1.82, 2.24) is 9.88 Å². The van der Waals surface area contributed by atoms with Crippen molar-refractivity contribution in [3.63, 3.8) is 0 Å². The van der Waals surface area contributed by atoms with Gasteiger partial charge in [0.15, 0.2) is 0 Å². The van der Waals surface area contributed by atoms with E-state index in [1.165, 1.54) is 37.8 Å². The van der Waals surface area contributed by atoms with Gasteiger partial charge >= 0.3 is 0 Å². The van der Waals surface area contributed by atoms with Gasteiger partial charge in [-0.15, -0.1) is 12.4 Å². The van der Waals surface area contributed by atoms with Crippen LogP contribution in [0, 0.1) is 6.92 Å². The molecule has 29 heavy (non-hydrogen) atoms. The van der Waals surface area contributed by atoms with Crippen molar-refractivity contribution in [2.24, 2.45) is 0 Å². The SMILES string of the molecule is COc1cc(NCCCCCCN2CC(C)OC(C)C2)c2nccc(C)c2c1.Cl. The molecule has 1 aliphatic rings. The lowest BCUT2D eigenvalue weighted by Gasteiger charge is -2.35. The zero-order valence-corrected chi connectivity index (χ0v) is 19.1. The maximum absolute atomic E-state index is 5.81. The molecule has 6 heteroatoms. The molecule has 0 bridgehead atoms. The molecule has 1 saturated heterocycles. The van der Waals surface area contributed by atoms with Gasteiger partial charge in [-0.2, -0.15) is 0 Å². The standard InChI is InChI=1S/C23H35N3O2.ClH/c1-17-9-11-25-23-21(17)13-20(27-4)14-22(23)24-10-7-5-6-8-12-26-15-18(2)28-19(3)16-26;/h9,11,13-14,18-19,24H,5-8,10,12,15-16H2,1-4H3;1H. The number of aryl methyl sites for hydroxylation is 1. The van der Waals surface area contributed by atoms with Crippen LogP contribution in [0.2, 0.25) is 0 Å². The number of rotatable bonds is 9. The third-order valence-corrected chi connectivity index (χ3v) is 5.48. The summed E-state index contributed by atoms with van der Waals surface area (Å²) in [4.78, 5) is 7.12. The van der Waals surface area contributed by atoms with Crippen molar-refractivity contribution in [2.75, 3.05) is 38.6 Å². The minimum Gasteiger partial charge on any atom is -0.497 e. The van der Waals surface area contributed by atoms with Crippen molar-refractivity contribution in [3.05, 3.63) is 30.0 Å². The molecule has 1 N–H and O–H groups in total. The maximum atomic E-state index is 5.81. The number of nitrogens with zero attached hydrogens (tertiary/aromatic N) is 2. The zero-order valence-electron chi connectivity index (χ0n) is 18.2. The first-order valence-electron chi connectivity index (χ1n) is 10.6. The fourth-order valence-electron chi connectivity index (χ4n) is 4.12. The van der Waals surface area contributed by atoms with Crippen molar-refractivity contribution in [2.45, 2.75) is 58.7 Å². The van der Waals surface area contributed by atoms with Gasteiger partial charge in [0.1, 0.15) is 5.75 Å². The normalized spacial score (nSPS) is 19.7. The van der Waals surface area contributed by atoms with Crippen LogP contribution in [0.5, 0.6) is 5.75 Å². The summed E-state index contributed by atoms with van der Waals surface area (Å²) in [5.41, 5.74) is 3.31. The van der Waals surface area contributed by atoms with Gasteiger partial charge < -0.3 is 14.8 Å². The van der Waals surface area contributed by atoms with Gasteiger partial charge in [-0.1, -0.05) is 12.8 Å². The number of benzene rings is 1. The van der Waals surface area contributed by atoms with E-state index in [4.69, 9.17) is 9.47 Å². The zero-order chi connectivity index (χ0) is 19.9. The highest BCUT2D eigenvalue weighted by Gasteiger charge is 2.21. The molecule has 0 amide bonds. The van der Waals surface area contributed by atoms with E-state index >= 15 is 0 Å². The minimum atomic E-state index is 0. The third kappa shape index (κ3) is 6.73. The first kappa shape index (κ1) is 23.7.